The van der Waals surface area contributed by atoms with E-state index in [1.54, 1.807) is 0 Å². The second-order valence-electron chi connectivity index (χ2n) is 5.26. The van der Waals surface area contributed by atoms with Gasteiger partial charge in [-0.05, 0) is 34.7 Å². The smallest absolute Gasteiger partial charge is 0.353 e. The van der Waals surface area contributed by atoms with Gasteiger partial charge in [-0.25, -0.2) is 9.78 Å². The summed E-state index contributed by atoms with van der Waals surface area (Å²) in [7, 11) is 0. The molecule has 0 saturated carbocycles. The van der Waals surface area contributed by atoms with Crippen LogP contribution in [0.2, 0.25) is 0 Å². The SMILES string of the molecule is O=C(On1cc(I)cn1)N1CCN(c2ncccc2C(F)(F)F)CC1. The van der Waals surface area contributed by atoms with Crippen LogP contribution < -0.4 is 9.74 Å². The van der Waals surface area contributed by atoms with Gasteiger partial charge in [0.2, 0.25) is 0 Å². The van der Waals surface area contributed by atoms with Crippen LogP contribution in [0.1, 0.15) is 5.56 Å². The van der Waals surface area contributed by atoms with Gasteiger partial charge in [0.15, 0.2) is 0 Å². The van der Waals surface area contributed by atoms with Crippen molar-refractivity contribution in [1.82, 2.24) is 19.8 Å². The molecule has 0 aliphatic carbocycles. The van der Waals surface area contributed by atoms with Gasteiger partial charge in [0.25, 0.3) is 0 Å². The van der Waals surface area contributed by atoms with Gasteiger partial charge < -0.3 is 9.80 Å². The van der Waals surface area contributed by atoms with Crippen molar-refractivity contribution in [3.63, 3.8) is 0 Å². The van der Waals surface area contributed by atoms with Crippen molar-refractivity contribution in [1.29, 1.82) is 0 Å². The highest BCUT2D eigenvalue weighted by molar-refractivity contribution is 14.1. The van der Waals surface area contributed by atoms with Crippen LogP contribution in [0, 0.1) is 3.57 Å². The zero-order chi connectivity index (χ0) is 18.0. The Labute approximate surface area is 154 Å². The molecule has 0 unspecified atom stereocenters. The Bertz CT molecular complexity index is 759. The number of carbonyl (C=O) groups excluding carboxylic acids is 1. The molecule has 7 nitrogen and oxygen atoms in total. The summed E-state index contributed by atoms with van der Waals surface area (Å²) in [4.78, 5) is 25.0. The Balaban J connectivity index is 1.63. The number of pyridine rings is 1. The lowest BCUT2D eigenvalue weighted by molar-refractivity contribution is -0.137. The number of alkyl halides is 3. The molecule has 25 heavy (non-hydrogen) atoms. The minimum Gasteiger partial charge on any atom is -0.353 e. The molecule has 1 aliphatic heterocycles. The summed E-state index contributed by atoms with van der Waals surface area (Å²) >= 11 is 2.03. The van der Waals surface area contributed by atoms with Crippen LogP contribution in [-0.2, 0) is 6.18 Å². The van der Waals surface area contributed by atoms with Gasteiger partial charge in [0, 0.05) is 32.4 Å². The number of nitrogens with zero attached hydrogens (tertiary/aromatic N) is 5. The van der Waals surface area contributed by atoms with Crippen molar-refractivity contribution in [3.8, 4) is 0 Å². The van der Waals surface area contributed by atoms with E-state index >= 15 is 0 Å². The molecule has 0 aromatic carbocycles. The van der Waals surface area contributed by atoms with Crippen LogP contribution in [-0.4, -0.2) is 52.1 Å². The standard InChI is InChI=1S/C14H13F3IN5O2/c15-14(16,17)11-2-1-3-19-12(11)21-4-6-22(7-5-21)13(24)25-23-9-10(18)8-20-23/h1-3,8-9H,4-7H2. The molecular formula is C14H13F3IN5O2. The summed E-state index contributed by atoms with van der Waals surface area (Å²) < 4.78 is 40.1. The molecule has 134 valence electrons. The highest BCUT2D eigenvalue weighted by atomic mass is 127. The first-order chi connectivity index (χ1) is 11.8. The average Bonchev–Trinajstić information content (AvgIpc) is 2.99. The molecule has 1 amide bonds. The van der Waals surface area contributed by atoms with E-state index < -0.39 is 17.8 Å². The quantitative estimate of drug-likeness (QED) is 0.635. The minimum absolute atomic E-state index is 0.121. The third-order valence-electron chi connectivity index (χ3n) is 3.63. The van der Waals surface area contributed by atoms with E-state index in [0.29, 0.717) is 0 Å². The number of rotatable bonds is 2. The van der Waals surface area contributed by atoms with Gasteiger partial charge in [0.05, 0.1) is 21.5 Å². The fourth-order valence-corrected chi connectivity index (χ4v) is 2.81. The van der Waals surface area contributed by atoms with Gasteiger partial charge >= 0.3 is 12.3 Å². The van der Waals surface area contributed by atoms with Gasteiger partial charge in [-0.3, -0.25) is 4.84 Å². The summed E-state index contributed by atoms with van der Waals surface area (Å²) in [5, 5.41) is 3.85. The van der Waals surface area contributed by atoms with Gasteiger partial charge in [-0.15, -0.1) is 5.10 Å². The highest BCUT2D eigenvalue weighted by Crippen LogP contribution is 2.35. The molecule has 11 heteroatoms. The second kappa shape index (κ2) is 7.06. The largest absolute Gasteiger partial charge is 0.436 e. The normalized spacial score (nSPS) is 15.4. The lowest BCUT2D eigenvalue weighted by Gasteiger charge is -2.35. The van der Waals surface area contributed by atoms with Crippen molar-refractivity contribution in [2.24, 2.45) is 0 Å². The summed E-state index contributed by atoms with van der Waals surface area (Å²) in [6.45, 7) is 0.911. The van der Waals surface area contributed by atoms with Crippen LogP contribution in [0.25, 0.3) is 0 Å². The number of piperazine rings is 1. The summed E-state index contributed by atoms with van der Waals surface area (Å²) in [6.07, 6.45) is -0.679. The predicted molar refractivity (Wildman–Crippen MR) is 89.9 cm³/mol. The summed E-state index contributed by atoms with van der Waals surface area (Å²) in [5.41, 5.74) is -0.780. The monoisotopic (exact) mass is 467 g/mol. The molecule has 3 rings (SSSR count). The fourth-order valence-electron chi connectivity index (χ4n) is 2.44. The number of hydrogen-bond acceptors (Lipinski definition) is 5. The maximum Gasteiger partial charge on any atom is 0.436 e. The topological polar surface area (TPSA) is 63.5 Å². The number of carbonyl (C=O) groups is 1. The third kappa shape index (κ3) is 4.14. The molecule has 0 spiro atoms. The maximum absolute atomic E-state index is 13.1. The van der Waals surface area contributed by atoms with Crippen molar-refractivity contribution in [2.45, 2.75) is 6.18 Å². The highest BCUT2D eigenvalue weighted by Gasteiger charge is 2.36. The first kappa shape index (κ1) is 17.8. The van der Waals surface area contributed by atoms with Crippen LogP contribution in [0.4, 0.5) is 23.8 Å². The Hall–Kier alpha value is -2.05. The Morgan fingerprint density at radius 2 is 1.96 bits per heavy atom. The summed E-state index contributed by atoms with van der Waals surface area (Å²) in [6, 6.07) is 2.26. The van der Waals surface area contributed by atoms with Crippen molar-refractivity contribution in [2.75, 3.05) is 31.1 Å². The van der Waals surface area contributed by atoms with Crippen LogP contribution in [0.15, 0.2) is 30.7 Å². The van der Waals surface area contributed by atoms with Gasteiger partial charge in [0.1, 0.15) is 5.82 Å². The Kier molecular flexibility index (Phi) is 5.01. The van der Waals surface area contributed by atoms with E-state index in [1.165, 1.54) is 34.5 Å². The average molecular weight is 467 g/mol. The molecule has 0 N–H and O–H groups in total. The molecule has 3 heterocycles. The van der Waals surface area contributed by atoms with E-state index in [9.17, 15) is 18.0 Å². The number of amides is 1. The second-order valence-corrected chi connectivity index (χ2v) is 6.51. The first-order valence-electron chi connectivity index (χ1n) is 7.29. The van der Waals surface area contributed by atoms with E-state index in [0.717, 1.165) is 14.5 Å². The van der Waals surface area contributed by atoms with Gasteiger partial charge in [-0.1, -0.05) is 4.85 Å². The van der Waals surface area contributed by atoms with Crippen LogP contribution in [0.5, 0.6) is 0 Å². The number of halogens is 4. The first-order valence-corrected chi connectivity index (χ1v) is 8.37. The maximum atomic E-state index is 13.1. The zero-order valence-corrected chi connectivity index (χ0v) is 14.9. The number of anilines is 1. The molecule has 1 saturated heterocycles. The Morgan fingerprint density at radius 3 is 2.56 bits per heavy atom. The van der Waals surface area contributed by atoms with Crippen molar-refractivity contribution in [3.05, 3.63) is 39.9 Å². The number of aromatic nitrogens is 3. The lowest BCUT2D eigenvalue weighted by atomic mass is 10.2. The minimum atomic E-state index is -4.48. The lowest BCUT2D eigenvalue weighted by Crippen LogP contribution is -2.51. The molecular weight excluding hydrogens is 454 g/mol. The predicted octanol–water partition coefficient (Wildman–Crippen LogP) is 2.27. The van der Waals surface area contributed by atoms with Gasteiger partial charge in [-0.2, -0.15) is 13.2 Å². The molecule has 1 fully saturated rings. The Morgan fingerprint density at radius 1 is 1.24 bits per heavy atom. The third-order valence-corrected chi connectivity index (χ3v) is 4.19. The van der Waals surface area contributed by atoms with E-state index in [2.05, 4.69) is 10.1 Å². The van der Waals surface area contributed by atoms with Crippen molar-refractivity contribution < 1.29 is 22.8 Å². The number of hydrogen-bond donors (Lipinski definition) is 0. The molecule has 2 aromatic rings. The van der Waals surface area contributed by atoms with Crippen LogP contribution in [0.3, 0.4) is 0 Å². The molecule has 2 aromatic heterocycles. The van der Waals surface area contributed by atoms with E-state index in [-0.39, 0.29) is 32.0 Å². The van der Waals surface area contributed by atoms with Crippen LogP contribution >= 0.6 is 22.6 Å². The molecule has 0 atom stereocenters. The van der Waals surface area contributed by atoms with Crippen molar-refractivity contribution >= 4 is 34.5 Å². The molecule has 1 aliphatic rings. The van der Waals surface area contributed by atoms with E-state index in [1.807, 2.05) is 22.6 Å². The molecule has 0 radical (unpaired) electrons. The molecule has 0 bridgehead atoms. The zero-order valence-electron chi connectivity index (χ0n) is 12.8. The fraction of sp³-hybridized carbons (Fsp3) is 0.357. The van der Waals surface area contributed by atoms with E-state index in [4.69, 9.17) is 4.84 Å². The summed E-state index contributed by atoms with van der Waals surface area (Å²) in [5.74, 6) is -0.121.